The van der Waals surface area contributed by atoms with Gasteiger partial charge in [0.15, 0.2) is 11.3 Å². The Morgan fingerprint density at radius 1 is 1.64 bits per heavy atom. The molecule has 0 spiro atoms. The highest BCUT2D eigenvalue weighted by molar-refractivity contribution is 7.11. The number of nitrogens with zero attached hydrogens (tertiary/aromatic N) is 1. The number of aldehydes is 1. The second-order valence-corrected chi connectivity index (χ2v) is 3.44. The van der Waals surface area contributed by atoms with Gasteiger partial charge in [-0.15, -0.1) is 11.3 Å². The van der Waals surface area contributed by atoms with Gasteiger partial charge in [-0.25, -0.2) is 4.98 Å². The highest BCUT2D eigenvalue weighted by atomic mass is 32.1. The number of hydrogen-bond donors (Lipinski definition) is 0. The van der Waals surface area contributed by atoms with Gasteiger partial charge in [0.1, 0.15) is 0 Å². The molecule has 0 aliphatic heterocycles. The van der Waals surface area contributed by atoms with Crippen molar-refractivity contribution in [2.45, 2.75) is 6.92 Å². The molecule has 0 aliphatic carbocycles. The highest BCUT2D eigenvalue weighted by Crippen LogP contribution is 2.18. The molecule has 0 atom stereocenters. The Bertz CT molecular complexity index is 388. The molecule has 0 radical (unpaired) electrons. The Kier molecular flexibility index (Phi) is 4.01. The Balaban J connectivity index is 3.04. The van der Waals surface area contributed by atoms with E-state index in [9.17, 15) is 4.79 Å². The van der Waals surface area contributed by atoms with E-state index in [-0.39, 0.29) is 0 Å². The van der Waals surface area contributed by atoms with E-state index >= 15 is 0 Å². The molecule has 0 bridgehead atoms. The molecule has 0 N–H and O–H groups in total. The number of hydrogen-bond acceptors (Lipinski definition) is 3. The Hall–Kier alpha value is -1.48. The molecular weight excluding hydrogens is 194 g/mol. The van der Waals surface area contributed by atoms with Crippen LogP contribution in [0.4, 0.5) is 0 Å². The number of carbonyl (C=O) groups is 1. The second-order valence-electron chi connectivity index (χ2n) is 2.55. The number of aromatic nitrogens is 1. The van der Waals surface area contributed by atoms with Crippen molar-refractivity contribution in [3.63, 3.8) is 0 Å². The average Bonchev–Trinajstić information content (AvgIpc) is 2.65. The van der Waals surface area contributed by atoms with Crippen LogP contribution in [-0.4, -0.2) is 11.3 Å². The van der Waals surface area contributed by atoms with E-state index in [4.69, 9.17) is 0 Å². The fraction of sp³-hybridized carbons (Fsp3) is 0.0909. The zero-order chi connectivity index (χ0) is 10.4. The van der Waals surface area contributed by atoms with Gasteiger partial charge in [-0.3, -0.25) is 4.79 Å². The van der Waals surface area contributed by atoms with Crippen LogP contribution in [0, 0.1) is 0 Å². The molecule has 1 rings (SSSR count). The van der Waals surface area contributed by atoms with Gasteiger partial charge in [-0.1, -0.05) is 30.9 Å². The third kappa shape index (κ3) is 2.50. The van der Waals surface area contributed by atoms with Gasteiger partial charge in [-0.05, 0) is 6.92 Å². The van der Waals surface area contributed by atoms with Crippen molar-refractivity contribution in [3.8, 4) is 0 Å². The van der Waals surface area contributed by atoms with Crippen molar-refractivity contribution in [3.05, 3.63) is 47.0 Å². The minimum absolute atomic E-state index is 0.500. The van der Waals surface area contributed by atoms with Crippen molar-refractivity contribution in [2.75, 3.05) is 0 Å². The summed E-state index contributed by atoms with van der Waals surface area (Å²) in [5, 5.41) is 2.36. The first-order valence-electron chi connectivity index (χ1n) is 4.18. The second kappa shape index (κ2) is 5.29. The fourth-order valence-corrected chi connectivity index (χ4v) is 1.63. The lowest BCUT2D eigenvalue weighted by atomic mass is 10.2. The van der Waals surface area contributed by atoms with Crippen LogP contribution >= 0.6 is 11.3 Å². The van der Waals surface area contributed by atoms with Crippen LogP contribution in [0.25, 0.3) is 5.57 Å². The number of allylic oxidation sites excluding steroid dienone is 5. The van der Waals surface area contributed by atoms with E-state index in [2.05, 4.69) is 11.6 Å². The highest BCUT2D eigenvalue weighted by Gasteiger charge is 2.02. The summed E-state index contributed by atoms with van der Waals surface area (Å²) in [5.41, 5.74) is 1.78. The smallest absolute Gasteiger partial charge is 0.178 e. The van der Waals surface area contributed by atoms with Crippen molar-refractivity contribution in [1.82, 2.24) is 4.98 Å². The first-order valence-corrected chi connectivity index (χ1v) is 5.06. The normalized spacial score (nSPS) is 11.9. The zero-order valence-corrected chi connectivity index (χ0v) is 8.75. The summed E-state index contributed by atoms with van der Waals surface area (Å²) in [7, 11) is 0. The summed E-state index contributed by atoms with van der Waals surface area (Å²) >= 11 is 1.34. The van der Waals surface area contributed by atoms with Crippen LogP contribution in [0.1, 0.15) is 22.4 Å². The Morgan fingerprint density at radius 3 is 2.93 bits per heavy atom. The van der Waals surface area contributed by atoms with Crippen molar-refractivity contribution < 1.29 is 4.79 Å². The van der Waals surface area contributed by atoms with Gasteiger partial charge in [0.25, 0.3) is 0 Å². The van der Waals surface area contributed by atoms with Crippen molar-refractivity contribution >= 4 is 23.2 Å². The summed E-state index contributed by atoms with van der Waals surface area (Å²) in [4.78, 5) is 14.6. The van der Waals surface area contributed by atoms with Crippen molar-refractivity contribution in [2.24, 2.45) is 0 Å². The first kappa shape index (κ1) is 10.6. The SMILES string of the molecule is C=C/C=C(\C=C/C)c1csc(C=O)n1. The minimum atomic E-state index is 0.500. The van der Waals surface area contributed by atoms with Crippen molar-refractivity contribution in [1.29, 1.82) is 0 Å². The van der Waals surface area contributed by atoms with Gasteiger partial charge in [0, 0.05) is 11.0 Å². The summed E-state index contributed by atoms with van der Waals surface area (Å²) < 4.78 is 0. The maximum Gasteiger partial charge on any atom is 0.178 e. The lowest BCUT2D eigenvalue weighted by Gasteiger charge is -1.93. The topological polar surface area (TPSA) is 30.0 Å². The van der Waals surface area contributed by atoms with E-state index in [1.807, 2.05) is 30.5 Å². The Labute approximate surface area is 87.3 Å². The molecule has 1 aromatic rings. The number of carbonyl (C=O) groups excluding carboxylic acids is 1. The predicted molar refractivity (Wildman–Crippen MR) is 60.5 cm³/mol. The van der Waals surface area contributed by atoms with Gasteiger partial charge in [0.05, 0.1) is 5.69 Å². The molecule has 14 heavy (non-hydrogen) atoms. The monoisotopic (exact) mass is 205 g/mol. The van der Waals surface area contributed by atoms with Crippen LogP contribution in [0.5, 0.6) is 0 Å². The van der Waals surface area contributed by atoms with E-state index in [0.717, 1.165) is 17.6 Å². The first-order chi connectivity index (χ1) is 6.81. The summed E-state index contributed by atoms with van der Waals surface area (Å²) in [6.45, 7) is 5.57. The maximum atomic E-state index is 10.4. The summed E-state index contributed by atoms with van der Waals surface area (Å²) in [5.74, 6) is 0. The zero-order valence-electron chi connectivity index (χ0n) is 7.93. The number of rotatable bonds is 4. The molecule has 72 valence electrons. The van der Waals surface area contributed by atoms with Crippen LogP contribution < -0.4 is 0 Å². The largest absolute Gasteiger partial charge is 0.295 e. The van der Waals surface area contributed by atoms with E-state index < -0.39 is 0 Å². The number of thiazole rings is 1. The predicted octanol–water partition coefficient (Wildman–Crippen LogP) is 3.10. The molecule has 0 fully saturated rings. The van der Waals surface area contributed by atoms with Crippen LogP contribution in [0.3, 0.4) is 0 Å². The lowest BCUT2D eigenvalue weighted by Crippen LogP contribution is -1.82. The molecule has 0 saturated carbocycles. The fourth-order valence-electron chi connectivity index (χ4n) is 1.01. The molecule has 0 amide bonds. The summed E-state index contributed by atoms with van der Waals surface area (Å²) in [6.07, 6.45) is 8.19. The van der Waals surface area contributed by atoms with Gasteiger partial charge >= 0.3 is 0 Å². The van der Waals surface area contributed by atoms with Gasteiger partial charge in [0.2, 0.25) is 0 Å². The molecular formula is C11H11NOS. The quantitative estimate of drug-likeness (QED) is 0.558. The van der Waals surface area contributed by atoms with E-state index in [1.54, 1.807) is 6.08 Å². The molecule has 0 saturated heterocycles. The maximum absolute atomic E-state index is 10.4. The van der Waals surface area contributed by atoms with Gasteiger partial charge in [-0.2, -0.15) is 0 Å². The standard InChI is InChI=1S/C11H11NOS/c1-3-5-9(6-4-2)10-8-14-11(7-13)12-10/h3-8H,1H2,2H3/b6-4-,9-5+. The third-order valence-corrected chi connectivity index (χ3v) is 2.33. The van der Waals surface area contributed by atoms with Crippen LogP contribution in [-0.2, 0) is 0 Å². The molecule has 0 aromatic carbocycles. The molecule has 1 aromatic heterocycles. The lowest BCUT2D eigenvalue weighted by molar-refractivity contribution is 0.112. The van der Waals surface area contributed by atoms with E-state index in [1.165, 1.54) is 11.3 Å². The van der Waals surface area contributed by atoms with Gasteiger partial charge < -0.3 is 0 Å². The molecule has 0 aliphatic rings. The molecule has 0 unspecified atom stereocenters. The molecule has 3 heteroatoms. The minimum Gasteiger partial charge on any atom is -0.295 e. The summed E-state index contributed by atoms with van der Waals surface area (Å²) in [6, 6.07) is 0. The third-order valence-electron chi connectivity index (χ3n) is 1.56. The van der Waals surface area contributed by atoms with E-state index in [0.29, 0.717) is 5.01 Å². The average molecular weight is 205 g/mol. The van der Waals surface area contributed by atoms with Crippen LogP contribution in [0.2, 0.25) is 0 Å². The molecule has 2 nitrogen and oxygen atoms in total. The Morgan fingerprint density at radius 2 is 2.43 bits per heavy atom. The van der Waals surface area contributed by atoms with Crippen LogP contribution in [0.15, 0.2) is 36.3 Å². The molecule has 1 heterocycles.